The number of hydrogen-bond donors (Lipinski definition) is 2. The maximum Gasteiger partial charge on any atom is 0.254 e. The molecule has 0 atom stereocenters. The van der Waals surface area contributed by atoms with Crippen molar-refractivity contribution in [2.45, 2.75) is 6.42 Å². The topological polar surface area (TPSA) is 68.7 Å². The second kappa shape index (κ2) is 7.59. The molecule has 7 heteroatoms. The molecule has 2 rings (SSSR count). The molecule has 6 nitrogen and oxygen atoms in total. The number of rotatable bonds is 4. The second-order valence-electron chi connectivity index (χ2n) is 5.02. The Balaban J connectivity index is 2.07. The molecule has 1 aromatic heterocycles. The van der Waals surface area contributed by atoms with Gasteiger partial charge in [0.1, 0.15) is 11.0 Å². The highest BCUT2D eigenvalue weighted by molar-refractivity contribution is 6.29. The average Bonchev–Trinajstić information content (AvgIpc) is 2.72. The summed E-state index contributed by atoms with van der Waals surface area (Å²) in [4.78, 5) is 20.7. The van der Waals surface area contributed by atoms with Crippen molar-refractivity contribution in [1.82, 2.24) is 14.8 Å². The van der Waals surface area contributed by atoms with E-state index in [1.165, 1.54) is 0 Å². The van der Waals surface area contributed by atoms with Gasteiger partial charge < -0.3 is 15.3 Å². The van der Waals surface area contributed by atoms with E-state index in [0.717, 1.165) is 26.1 Å². The number of aliphatic hydroxyl groups excluding tert-OH is 1. The van der Waals surface area contributed by atoms with Gasteiger partial charge in [0.25, 0.3) is 5.91 Å². The van der Waals surface area contributed by atoms with Gasteiger partial charge in [0.15, 0.2) is 0 Å². The minimum atomic E-state index is -0.0263. The number of hydrogen-bond acceptors (Lipinski definition) is 5. The molecular formula is C14H21ClN4O2. The van der Waals surface area contributed by atoms with Crippen molar-refractivity contribution < 1.29 is 9.90 Å². The highest BCUT2D eigenvalue weighted by atomic mass is 35.5. The number of aromatic nitrogens is 1. The van der Waals surface area contributed by atoms with Crippen molar-refractivity contribution in [2.24, 2.45) is 0 Å². The largest absolute Gasteiger partial charge is 0.395 e. The number of aliphatic hydroxyl groups is 1. The molecule has 0 spiro atoms. The summed E-state index contributed by atoms with van der Waals surface area (Å²) in [5.41, 5.74) is 0.551. The summed E-state index contributed by atoms with van der Waals surface area (Å²) in [5, 5.41) is 12.2. The van der Waals surface area contributed by atoms with Gasteiger partial charge in [-0.1, -0.05) is 11.6 Å². The zero-order valence-electron chi connectivity index (χ0n) is 12.2. The number of nitrogens with one attached hydrogen (secondary N) is 1. The van der Waals surface area contributed by atoms with Gasteiger partial charge in [-0.05, 0) is 25.1 Å². The Hall–Kier alpha value is -1.37. The van der Waals surface area contributed by atoms with Crippen molar-refractivity contribution in [1.29, 1.82) is 0 Å². The van der Waals surface area contributed by atoms with Crippen molar-refractivity contribution in [2.75, 3.05) is 51.7 Å². The van der Waals surface area contributed by atoms with Gasteiger partial charge in [0, 0.05) is 38.8 Å². The highest BCUT2D eigenvalue weighted by Gasteiger charge is 2.20. The summed E-state index contributed by atoms with van der Waals surface area (Å²) in [7, 11) is 1.74. The van der Waals surface area contributed by atoms with E-state index in [0.29, 0.717) is 29.6 Å². The van der Waals surface area contributed by atoms with Gasteiger partial charge in [-0.2, -0.15) is 0 Å². The SMILES string of the molecule is CNc1cc(C(=O)N2CCCN(CCO)CC2)cc(Cl)n1. The van der Waals surface area contributed by atoms with Crippen LogP contribution in [0.3, 0.4) is 0 Å². The van der Waals surface area contributed by atoms with E-state index in [1.54, 1.807) is 19.2 Å². The number of amides is 1. The Morgan fingerprint density at radius 3 is 2.90 bits per heavy atom. The molecule has 1 fully saturated rings. The normalized spacial score (nSPS) is 16.6. The third-order valence-corrected chi connectivity index (χ3v) is 3.78. The molecule has 1 aromatic rings. The first kappa shape index (κ1) is 16.0. The fourth-order valence-corrected chi connectivity index (χ4v) is 2.68. The van der Waals surface area contributed by atoms with Gasteiger partial charge in [-0.15, -0.1) is 0 Å². The first-order valence-corrected chi connectivity index (χ1v) is 7.49. The summed E-state index contributed by atoms with van der Waals surface area (Å²) < 4.78 is 0. The summed E-state index contributed by atoms with van der Waals surface area (Å²) in [6, 6.07) is 3.31. The predicted octanol–water partition coefficient (Wildman–Crippen LogP) is 0.917. The summed E-state index contributed by atoms with van der Waals surface area (Å²) in [6.45, 7) is 3.88. The zero-order valence-corrected chi connectivity index (χ0v) is 12.9. The van der Waals surface area contributed by atoms with Gasteiger partial charge in [-0.3, -0.25) is 9.69 Å². The van der Waals surface area contributed by atoms with Crippen LogP contribution in [0, 0.1) is 0 Å². The first-order chi connectivity index (χ1) is 10.1. The standard InChI is InChI=1S/C14H21ClN4O2/c1-16-13-10-11(9-12(15)17-13)14(21)19-4-2-3-18(5-6-19)7-8-20/h9-10,20H,2-8H2,1H3,(H,16,17). The number of carbonyl (C=O) groups excluding carboxylic acids is 1. The predicted molar refractivity (Wildman–Crippen MR) is 82.8 cm³/mol. The van der Waals surface area contributed by atoms with E-state index in [-0.39, 0.29) is 12.5 Å². The van der Waals surface area contributed by atoms with E-state index < -0.39 is 0 Å². The number of pyridine rings is 1. The van der Waals surface area contributed by atoms with Crippen molar-refractivity contribution in [3.63, 3.8) is 0 Å². The van der Waals surface area contributed by atoms with Crippen molar-refractivity contribution in [3.8, 4) is 0 Å². The Morgan fingerprint density at radius 2 is 2.19 bits per heavy atom. The van der Waals surface area contributed by atoms with Crippen LogP contribution >= 0.6 is 11.6 Å². The lowest BCUT2D eigenvalue weighted by molar-refractivity contribution is 0.0760. The number of anilines is 1. The monoisotopic (exact) mass is 312 g/mol. The van der Waals surface area contributed by atoms with Crippen LogP contribution in [-0.4, -0.2) is 72.2 Å². The number of carbonyl (C=O) groups is 1. The van der Waals surface area contributed by atoms with Crippen LogP contribution in [0.2, 0.25) is 5.15 Å². The van der Waals surface area contributed by atoms with Crippen molar-refractivity contribution >= 4 is 23.3 Å². The minimum Gasteiger partial charge on any atom is -0.395 e. The van der Waals surface area contributed by atoms with E-state index in [9.17, 15) is 4.79 Å². The lowest BCUT2D eigenvalue weighted by Crippen LogP contribution is -2.36. The molecule has 0 radical (unpaired) electrons. The first-order valence-electron chi connectivity index (χ1n) is 7.12. The molecule has 1 aliphatic rings. The third-order valence-electron chi connectivity index (χ3n) is 3.59. The number of halogens is 1. The molecule has 2 heterocycles. The molecule has 116 valence electrons. The zero-order chi connectivity index (χ0) is 15.2. The fourth-order valence-electron chi connectivity index (χ4n) is 2.47. The van der Waals surface area contributed by atoms with Crippen LogP contribution in [0.4, 0.5) is 5.82 Å². The Morgan fingerprint density at radius 1 is 1.38 bits per heavy atom. The van der Waals surface area contributed by atoms with Gasteiger partial charge >= 0.3 is 0 Å². The lowest BCUT2D eigenvalue weighted by Gasteiger charge is -2.21. The summed E-state index contributed by atoms with van der Waals surface area (Å²) in [5.74, 6) is 0.559. The molecule has 21 heavy (non-hydrogen) atoms. The van der Waals surface area contributed by atoms with Gasteiger partial charge in [-0.25, -0.2) is 4.98 Å². The highest BCUT2D eigenvalue weighted by Crippen LogP contribution is 2.17. The Kier molecular flexibility index (Phi) is 5.78. The third kappa shape index (κ3) is 4.30. The van der Waals surface area contributed by atoms with Gasteiger partial charge in [0.05, 0.1) is 6.61 Å². The van der Waals surface area contributed by atoms with Crippen LogP contribution in [-0.2, 0) is 0 Å². The Labute approximate surface area is 129 Å². The molecule has 0 saturated carbocycles. The molecule has 0 unspecified atom stereocenters. The smallest absolute Gasteiger partial charge is 0.254 e. The summed E-state index contributed by atoms with van der Waals surface area (Å²) in [6.07, 6.45) is 0.906. The number of β-amino-alcohol motifs (C(OH)–C–C–N with tert-alkyl or cyclic N) is 1. The number of nitrogens with zero attached hydrogens (tertiary/aromatic N) is 3. The van der Waals surface area contributed by atoms with Crippen LogP contribution in [0.1, 0.15) is 16.8 Å². The molecule has 1 amide bonds. The van der Waals surface area contributed by atoms with E-state index >= 15 is 0 Å². The second-order valence-corrected chi connectivity index (χ2v) is 5.41. The molecule has 2 N–H and O–H groups in total. The Bertz CT molecular complexity index is 498. The van der Waals surface area contributed by atoms with Crippen molar-refractivity contribution in [3.05, 3.63) is 22.8 Å². The molecule has 1 aliphatic heterocycles. The average molecular weight is 313 g/mol. The maximum atomic E-state index is 12.6. The molecule has 1 saturated heterocycles. The van der Waals surface area contributed by atoms with Crippen LogP contribution in [0.25, 0.3) is 0 Å². The molecular weight excluding hydrogens is 292 g/mol. The summed E-state index contributed by atoms with van der Waals surface area (Å²) >= 11 is 5.95. The van der Waals surface area contributed by atoms with Crippen LogP contribution < -0.4 is 5.32 Å². The minimum absolute atomic E-state index is 0.0263. The maximum absolute atomic E-state index is 12.6. The molecule has 0 aliphatic carbocycles. The van der Waals surface area contributed by atoms with E-state index in [2.05, 4.69) is 15.2 Å². The lowest BCUT2D eigenvalue weighted by atomic mass is 10.2. The fraction of sp³-hybridized carbons (Fsp3) is 0.571. The molecule has 0 aromatic carbocycles. The van der Waals surface area contributed by atoms with Crippen LogP contribution in [0.5, 0.6) is 0 Å². The molecule has 0 bridgehead atoms. The van der Waals surface area contributed by atoms with E-state index in [4.69, 9.17) is 16.7 Å². The van der Waals surface area contributed by atoms with Crippen LogP contribution in [0.15, 0.2) is 12.1 Å². The quantitative estimate of drug-likeness (QED) is 0.809. The van der Waals surface area contributed by atoms with Gasteiger partial charge in [0.2, 0.25) is 0 Å². The van der Waals surface area contributed by atoms with E-state index in [1.807, 2.05) is 4.90 Å².